The number of aromatic nitrogens is 1. The zero-order chi connectivity index (χ0) is 16.9. The smallest absolute Gasteiger partial charge is 0.345 e. The van der Waals surface area contributed by atoms with E-state index in [0.717, 1.165) is 17.5 Å². The molecule has 0 saturated heterocycles. The van der Waals surface area contributed by atoms with Crippen LogP contribution in [0, 0.1) is 0 Å². The lowest BCUT2D eigenvalue weighted by molar-refractivity contribution is -0.136. The highest BCUT2D eigenvalue weighted by Gasteiger charge is 2.51. The van der Waals surface area contributed by atoms with Gasteiger partial charge in [0, 0.05) is 11.8 Å². The Morgan fingerprint density at radius 1 is 1.21 bits per heavy atom. The summed E-state index contributed by atoms with van der Waals surface area (Å²) in [5, 5.41) is 10.7. The van der Waals surface area contributed by atoms with E-state index >= 15 is 0 Å². The average molecular weight is 323 g/mol. The minimum absolute atomic E-state index is 0.159. The van der Waals surface area contributed by atoms with Crippen LogP contribution in [0.15, 0.2) is 53.9 Å². The van der Waals surface area contributed by atoms with E-state index in [9.17, 15) is 14.7 Å². The quantitative estimate of drug-likeness (QED) is 0.680. The highest BCUT2D eigenvalue weighted by molar-refractivity contribution is 6.25. The highest BCUT2D eigenvalue weighted by Crippen LogP contribution is 2.49. The van der Waals surface area contributed by atoms with E-state index in [-0.39, 0.29) is 11.3 Å². The molecule has 1 aliphatic carbocycles. The molecule has 0 bridgehead atoms. The van der Waals surface area contributed by atoms with Crippen molar-refractivity contribution < 1.29 is 19.4 Å². The molecule has 24 heavy (non-hydrogen) atoms. The molecule has 0 atom stereocenters. The minimum Gasteiger partial charge on any atom is -0.509 e. The van der Waals surface area contributed by atoms with Gasteiger partial charge in [-0.1, -0.05) is 30.3 Å². The number of aliphatic hydroxyl groups is 1. The monoisotopic (exact) mass is 323 g/mol. The van der Waals surface area contributed by atoms with Crippen LogP contribution in [0.5, 0.6) is 0 Å². The predicted molar refractivity (Wildman–Crippen MR) is 87.7 cm³/mol. The van der Waals surface area contributed by atoms with Crippen molar-refractivity contribution in [3.05, 3.63) is 59.6 Å². The second kappa shape index (κ2) is 5.09. The van der Waals surface area contributed by atoms with E-state index in [4.69, 9.17) is 4.74 Å². The van der Waals surface area contributed by atoms with Crippen LogP contribution in [0.4, 0.5) is 0 Å². The van der Waals surface area contributed by atoms with Gasteiger partial charge in [-0.3, -0.25) is 4.79 Å². The number of ketones is 1. The van der Waals surface area contributed by atoms with Crippen LogP contribution >= 0.6 is 0 Å². The van der Waals surface area contributed by atoms with E-state index < -0.39 is 17.3 Å². The maximum Gasteiger partial charge on any atom is 0.345 e. The normalized spacial score (nSPS) is 18.3. The summed E-state index contributed by atoms with van der Waals surface area (Å²) in [6, 6.07) is 11.5. The molecular formula is C19H17NO4. The molecule has 2 aliphatic rings. The van der Waals surface area contributed by atoms with Gasteiger partial charge in [-0.25, -0.2) is 4.79 Å². The van der Waals surface area contributed by atoms with Crippen LogP contribution in [-0.4, -0.2) is 28.5 Å². The van der Waals surface area contributed by atoms with Crippen molar-refractivity contribution in [1.82, 2.24) is 4.57 Å². The van der Waals surface area contributed by atoms with Crippen molar-refractivity contribution in [1.29, 1.82) is 0 Å². The second-order valence-electron chi connectivity index (χ2n) is 6.28. The maximum absolute atomic E-state index is 12.8. The number of aliphatic hydroxyl groups excluding tert-OH is 1. The number of fused-ring (bicyclic) bond motifs is 2. The Morgan fingerprint density at radius 3 is 2.50 bits per heavy atom. The number of nitrogens with zero attached hydrogens (tertiary/aromatic N) is 1. The molecule has 122 valence electrons. The summed E-state index contributed by atoms with van der Waals surface area (Å²) in [5.74, 6) is -1.43. The number of hydrogen-bond acceptors (Lipinski definition) is 4. The highest BCUT2D eigenvalue weighted by atomic mass is 16.5. The molecule has 1 spiro atoms. The standard InChI is InChI=1S/C19H17NO4/c1-24-18(23)15-16(21)14-10-13(12-6-3-2-4-7-12)11-20(14)19(17(15)22)8-5-9-19/h2-4,6-7,10-11,22H,5,8-9H2,1H3. The molecule has 1 saturated carbocycles. The summed E-state index contributed by atoms with van der Waals surface area (Å²) in [5.41, 5.74) is 1.37. The van der Waals surface area contributed by atoms with Crippen LogP contribution in [0.3, 0.4) is 0 Å². The molecular weight excluding hydrogens is 306 g/mol. The molecule has 0 amide bonds. The fourth-order valence-corrected chi connectivity index (χ4v) is 3.64. The van der Waals surface area contributed by atoms with Gasteiger partial charge >= 0.3 is 5.97 Å². The van der Waals surface area contributed by atoms with E-state index in [0.29, 0.717) is 18.5 Å². The van der Waals surface area contributed by atoms with Crippen molar-refractivity contribution >= 4 is 11.8 Å². The van der Waals surface area contributed by atoms with Gasteiger partial charge in [-0.05, 0) is 30.9 Å². The molecule has 1 N–H and O–H groups in total. The molecule has 1 aromatic heterocycles. The third-order valence-corrected chi connectivity index (χ3v) is 5.10. The molecule has 0 radical (unpaired) electrons. The Bertz CT molecular complexity index is 872. The minimum atomic E-state index is -0.780. The van der Waals surface area contributed by atoms with Crippen molar-refractivity contribution in [2.24, 2.45) is 0 Å². The lowest BCUT2D eigenvalue weighted by Gasteiger charge is -2.45. The van der Waals surface area contributed by atoms with Gasteiger partial charge in [-0.15, -0.1) is 0 Å². The first-order valence-electron chi connectivity index (χ1n) is 7.93. The Balaban J connectivity index is 1.91. The number of allylic oxidation sites excluding steroid dienone is 1. The number of Topliss-reactive ketones (excluding diaryl/α,β-unsaturated/α-hetero) is 1. The lowest BCUT2D eigenvalue weighted by Crippen LogP contribution is -2.48. The molecule has 2 heterocycles. The van der Waals surface area contributed by atoms with E-state index in [2.05, 4.69) is 0 Å². The summed E-state index contributed by atoms with van der Waals surface area (Å²) >= 11 is 0. The first kappa shape index (κ1) is 14.8. The van der Waals surface area contributed by atoms with E-state index in [1.807, 2.05) is 41.1 Å². The van der Waals surface area contributed by atoms with Crippen LogP contribution < -0.4 is 0 Å². The topological polar surface area (TPSA) is 68.5 Å². The number of methoxy groups -OCH3 is 1. The zero-order valence-electron chi connectivity index (χ0n) is 13.3. The number of carbonyl (C=O) groups excluding carboxylic acids is 2. The maximum atomic E-state index is 12.8. The number of hydrogen-bond donors (Lipinski definition) is 1. The Morgan fingerprint density at radius 2 is 1.92 bits per heavy atom. The van der Waals surface area contributed by atoms with E-state index in [1.54, 1.807) is 6.07 Å². The fourth-order valence-electron chi connectivity index (χ4n) is 3.64. The van der Waals surface area contributed by atoms with Gasteiger partial charge in [0.15, 0.2) is 0 Å². The average Bonchev–Trinajstić information content (AvgIpc) is 3.00. The number of benzene rings is 1. The van der Waals surface area contributed by atoms with Crippen LogP contribution in [0.25, 0.3) is 11.1 Å². The Kier molecular flexibility index (Phi) is 3.13. The summed E-state index contributed by atoms with van der Waals surface area (Å²) < 4.78 is 6.55. The van der Waals surface area contributed by atoms with Gasteiger partial charge in [0.05, 0.1) is 12.8 Å². The third kappa shape index (κ3) is 1.81. The first-order chi connectivity index (χ1) is 11.6. The van der Waals surface area contributed by atoms with E-state index in [1.165, 1.54) is 7.11 Å². The predicted octanol–water partition coefficient (Wildman–Crippen LogP) is 3.22. The van der Waals surface area contributed by atoms with Gasteiger partial charge in [-0.2, -0.15) is 0 Å². The molecule has 2 aromatic rings. The zero-order valence-corrected chi connectivity index (χ0v) is 13.3. The van der Waals surface area contributed by atoms with Crippen molar-refractivity contribution in [2.45, 2.75) is 24.8 Å². The number of carbonyl (C=O) groups is 2. The largest absolute Gasteiger partial charge is 0.509 e. The summed E-state index contributed by atoms with van der Waals surface area (Å²) in [6.45, 7) is 0. The third-order valence-electron chi connectivity index (χ3n) is 5.10. The number of rotatable bonds is 2. The van der Waals surface area contributed by atoms with Crippen LogP contribution in [0.1, 0.15) is 29.8 Å². The van der Waals surface area contributed by atoms with Gasteiger partial charge in [0.2, 0.25) is 5.78 Å². The van der Waals surface area contributed by atoms with Crippen molar-refractivity contribution in [2.75, 3.05) is 7.11 Å². The number of ether oxygens (including phenoxy) is 1. The molecule has 1 fully saturated rings. The summed E-state index contributed by atoms with van der Waals surface area (Å²) in [4.78, 5) is 24.8. The lowest BCUT2D eigenvalue weighted by atomic mass is 9.71. The first-order valence-corrected chi connectivity index (χ1v) is 7.93. The molecule has 5 nitrogen and oxygen atoms in total. The molecule has 1 aliphatic heterocycles. The summed E-state index contributed by atoms with van der Waals surface area (Å²) in [7, 11) is 1.21. The van der Waals surface area contributed by atoms with Crippen LogP contribution in [0.2, 0.25) is 0 Å². The Labute approximate surface area is 139 Å². The van der Waals surface area contributed by atoms with Gasteiger partial charge in [0.1, 0.15) is 16.9 Å². The van der Waals surface area contributed by atoms with Gasteiger partial charge in [0.25, 0.3) is 0 Å². The molecule has 1 aromatic carbocycles. The van der Waals surface area contributed by atoms with Crippen molar-refractivity contribution in [3.63, 3.8) is 0 Å². The fraction of sp³-hybridized carbons (Fsp3) is 0.263. The second-order valence-corrected chi connectivity index (χ2v) is 6.28. The molecule has 4 rings (SSSR count). The SMILES string of the molecule is COC(=O)C1=C(O)C2(CCC2)n2cc(-c3ccccc3)cc2C1=O. The summed E-state index contributed by atoms with van der Waals surface area (Å²) in [6.07, 6.45) is 4.22. The van der Waals surface area contributed by atoms with Gasteiger partial charge < -0.3 is 14.4 Å². The van der Waals surface area contributed by atoms with Crippen LogP contribution in [-0.2, 0) is 15.1 Å². The Hall–Kier alpha value is -2.82. The van der Waals surface area contributed by atoms with Crippen molar-refractivity contribution in [3.8, 4) is 11.1 Å². The molecule has 5 heteroatoms. The number of esters is 1. The molecule has 0 unspecified atom stereocenters.